The maximum absolute atomic E-state index is 12.5. The number of carbonyl (C=O) groups excluding carboxylic acids is 2. The fourth-order valence-corrected chi connectivity index (χ4v) is 3.06. The van der Waals surface area contributed by atoms with Gasteiger partial charge in [-0.25, -0.2) is 4.79 Å². The summed E-state index contributed by atoms with van der Waals surface area (Å²) in [4.78, 5) is 26.0. The van der Waals surface area contributed by atoms with Gasteiger partial charge < -0.3 is 15.0 Å². The van der Waals surface area contributed by atoms with Crippen molar-refractivity contribution in [1.29, 1.82) is 0 Å². The summed E-state index contributed by atoms with van der Waals surface area (Å²) in [6, 6.07) is 5.64. The molecule has 1 aliphatic heterocycles. The van der Waals surface area contributed by atoms with Crippen LogP contribution in [-0.2, 0) is 11.2 Å². The molecule has 1 aromatic rings. The second-order valence-corrected chi connectivity index (χ2v) is 7.84. The lowest BCUT2D eigenvalue weighted by Crippen LogP contribution is -2.33. The highest BCUT2D eigenvalue weighted by Crippen LogP contribution is 2.21. The van der Waals surface area contributed by atoms with Crippen LogP contribution in [0.3, 0.4) is 0 Å². The lowest BCUT2D eigenvalue weighted by molar-refractivity contribution is 0.0528. The fraction of sp³-hybridized carbons (Fsp3) is 0.556. The maximum Gasteiger partial charge on any atom is 0.407 e. The highest BCUT2D eigenvalue weighted by atomic mass is 79.9. The molecule has 0 saturated carbocycles. The van der Waals surface area contributed by atoms with Crippen molar-refractivity contribution in [1.82, 2.24) is 10.2 Å². The lowest BCUT2D eigenvalue weighted by atomic mass is 10.1. The molecular formula is C18H25BrN2O3. The number of nitrogens with one attached hydrogen (secondary N) is 1. The Kier molecular flexibility index (Phi) is 6.27. The van der Waals surface area contributed by atoms with Crippen molar-refractivity contribution >= 4 is 27.9 Å². The summed E-state index contributed by atoms with van der Waals surface area (Å²) in [5.41, 5.74) is 1.19. The molecule has 0 aliphatic carbocycles. The monoisotopic (exact) mass is 396 g/mol. The summed E-state index contributed by atoms with van der Waals surface area (Å²) in [5, 5.41) is 2.74. The number of halogens is 1. The van der Waals surface area contributed by atoms with Crippen molar-refractivity contribution in [2.75, 3.05) is 19.6 Å². The Hall–Kier alpha value is -1.56. The molecule has 2 rings (SSSR count). The average molecular weight is 397 g/mol. The second kappa shape index (κ2) is 8.01. The van der Waals surface area contributed by atoms with E-state index in [-0.39, 0.29) is 5.91 Å². The van der Waals surface area contributed by atoms with E-state index >= 15 is 0 Å². The van der Waals surface area contributed by atoms with Crippen molar-refractivity contribution in [3.63, 3.8) is 0 Å². The molecule has 0 spiro atoms. The summed E-state index contributed by atoms with van der Waals surface area (Å²) in [6.07, 6.45) is 2.35. The van der Waals surface area contributed by atoms with E-state index in [1.165, 1.54) is 0 Å². The minimum Gasteiger partial charge on any atom is -0.444 e. The Labute approximate surface area is 151 Å². The fourth-order valence-electron chi connectivity index (χ4n) is 2.62. The Bertz CT molecular complexity index is 605. The third kappa shape index (κ3) is 5.51. The molecule has 24 heavy (non-hydrogen) atoms. The number of rotatable bonds is 4. The van der Waals surface area contributed by atoms with E-state index in [2.05, 4.69) is 21.2 Å². The third-order valence-electron chi connectivity index (χ3n) is 3.75. The van der Waals surface area contributed by atoms with Crippen molar-refractivity contribution in [3.8, 4) is 0 Å². The summed E-state index contributed by atoms with van der Waals surface area (Å²) in [7, 11) is 0. The van der Waals surface area contributed by atoms with Crippen molar-refractivity contribution in [2.45, 2.75) is 45.6 Å². The van der Waals surface area contributed by atoms with Crippen LogP contribution in [0.15, 0.2) is 22.7 Å². The first-order valence-corrected chi connectivity index (χ1v) is 9.10. The quantitative estimate of drug-likeness (QED) is 0.842. The van der Waals surface area contributed by atoms with Crippen molar-refractivity contribution in [2.24, 2.45) is 0 Å². The molecule has 1 aromatic carbocycles. The number of ether oxygens (including phenoxy) is 1. The summed E-state index contributed by atoms with van der Waals surface area (Å²) in [6.45, 7) is 7.62. The molecule has 5 nitrogen and oxygen atoms in total. The Morgan fingerprint density at radius 3 is 2.54 bits per heavy atom. The smallest absolute Gasteiger partial charge is 0.407 e. The van der Waals surface area contributed by atoms with Crippen molar-refractivity contribution in [3.05, 3.63) is 33.8 Å². The van der Waals surface area contributed by atoms with Gasteiger partial charge in [-0.05, 0) is 63.8 Å². The van der Waals surface area contributed by atoms with Crippen LogP contribution in [0, 0.1) is 0 Å². The van der Waals surface area contributed by atoms with Crippen LogP contribution in [0.4, 0.5) is 4.79 Å². The summed E-state index contributed by atoms with van der Waals surface area (Å²) in [5.74, 6) is 0.0846. The van der Waals surface area contributed by atoms with E-state index in [1.807, 2.05) is 43.9 Å². The topological polar surface area (TPSA) is 58.6 Å². The molecule has 2 amide bonds. The molecule has 6 heteroatoms. The number of amides is 2. The number of hydrogen-bond donors (Lipinski definition) is 1. The average Bonchev–Trinajstić information content (AvgIpc) is 3.01. The van der Waals surface area contributed by atoms with Crippen LogP contribution in [-0.4, -0.2) is 42.1 Å². The predicted octanol–water partition coefficient (Wildman–Crippen LogP) is 3.75. The van der Waals surface area contributed by atoms with Gasteiger partial charge in [-0.2, -0.15) is 0 Å². The highest BCUT2D eigenvalue weighted by Gasteiger charge is 2.20. The minimum absolute atomic E-state index is 0.0846. The standard InChI is InChI=1S/C18H25BrN2O3/c1-18(2,3)24-17(23)20-9-8-13-12-14(6-7-15(13)19)16(22)21-10-4-5-11-21/h6-7,12H,4-5,8-11H2,1-3H3,(H,20,23). The molecule has 1 saturated heterocycles. The number of likely N-dealkylation sites (tertiary alicyclic amines) is 1. The summed E-state index contributed by atoms with van der Waals surface area (Å²) >= 11 is 3.51. The van der Waals surface area contributed by atoms with E-state index < -0.39 is 11.7 Å². The first-order valence-electron chi connectivity index (χ1n) is 8.31. The van der Waals surface area contributed by atoms with Crippen LogP contribution < -0.4 is 5.32 Å². The second-order valence-electron chi connectivity index (χ2n) is 6.98. The SMILES string of the molecule is CC(C)(C)OC(=O)NCCc1cc(C(=O)N2CCCC2)ccc1Br. The van der Waals surface area contributed by atoms with E-state index in [4.69, 9.17) is 4.74 Å². The maximum atomic E-state index is 12.5. The van der Waals surface area contributed by atoms with E-state index in [0.717, 1.165) is 36.0 Å². The summed E-state index contributed by atoms with van der Waals surface area (Å²) < 4.78 is 6.15. The van der Waals surface area contributed by atoms with Crippen LogP contribution in [0.5, 0.6) is 0 Å². The van der Waals surface area contributed by atoms with Crippen LogP contribution in [0.2, 0.25) is 0 Å². The molecule has 0 bridgehead atoms. The van der Waals surface area contributed by atoms with Gasteiger partial charge in [0, 0.05) is 29.7 Å². The first-order chi connectivity index (χ1) is 11.3. The zero-order valence-corrected chi connectivity index (χ0v) is 16.1. The normalized spacial score (nSPS) is 14.6. The van der Waals surface area contributed by atoms with Gasteiger partial charge >= 0.3 is 6.09 Å². The first kappa shape index (κ1) is 18.8. The molecule has 1 fully saturated rings. The number of carbonyl (C=O) groups is 2. The third-order valence-corrected chi connectivity index (χ3v) is 4.52. The van der Waals surface area contributed by atoms with Gasteiger partial charge in [-0.15, -0.1) is 0 Å². The Morgan fingerprint density at radius 1 is 1.25 bits per heavy atom. The largest absolute Gasteiger partial charge is 0.444 e. The zero-order valence-electron chi connectivity index (χ0n) is 14.5. The van der Waals surface area contributed by atoms with Crippen LogP contribution in [0.25, 0.3) is 0 Å². The van der Waals surface area contributed by atoms with E-state index in [9.17, 15) is 9.59 Å². The highest BCUT2D eigenvalue weighted by molar-refractivity contribution is 9.10. The number of alkyl carbamates (subject to hydrolysis) is 1. The van der Waals surface area contributed by atoms with E-state index in [0.29, 0.717) is 18.5 Å². The molecule has 1 N–H and O–H groups in total. The van der Waals surface area contributed by atoms with Crippen molar-refractivity contribution < 1.29 is 14.3 Å². The number of nitrogens with zero attached hydrogens (tertiary/aromatic N) is 1. The van der Waals surface area contributed by atoms with Crippen LogP contribution >= 0.6 is 15.9 Å². The van der Waals surface area contributed by atoms with Gasteiger partial charge in [-0.3, -0.25) is 4.79 Å². The molecule has 0 unspecified atom stereocenters. The molecule has 1 aliphatic rings. The zero-order chi connectivity index (χ0) is 17.7. The molecule has 0 atom stereocenters. The van der Waals surface area contributed by atoms with E-state index in [1.54, 1.807) is 0 Å². The lowest BCUT2D eigenvalue weighted by Gasteiger charge is -2.20. The van der Waals surface area contributed by atoms with Gasteiger partial charge in [0.05, 0.1) is 0 Å². The number of hydrogen-bond acceptors (Lipinski definition) is 3. The van der Waals surface area contributed by atoms with Gasteiger partial charge in [0.25, 0.3) is 5.91 Å². The van der Waals surface area contributed by atoms with Gasteiger partial charge in [0.15, 0.2) is 0 Å². The Balaban J connectivity index is 1.94. The van der Waals surface area contributed by atoms with Gasteiger partial charge in [-0.1, -0.05) is 15.9 Å². The van der Waals surface area contributed by atoms with Crippen LogP contribution in [0.1, 0.15) is 49.5 Å². The van der Waals surface area contributed by atoms with Gasteiger partial charge in [0.1, 0.15) is 5.60 Å². The number of benzene rings is 1. The minimum atomic E-state index is -0.507. The molecule has 0 radical (unpaired) electrons. The Morgan fingerprint density at radius 2 is 1.92 bits per heavy atom. The van der Waals surface area contributed by atoms with Gasteiger partial charge in [0.2, 0.25) is 0 Å². The predicted molar refractivity (Wildman–Crippen MR) is 97.2 cm³/mol. The molecule has 1 heterocycles. The molecule has 0 aromatic heterocycles. The molecule has 132 valence electrons. The molecular weight excluding hydrogens is 372 g/mol.